The Labute approximate surface area is 149 Å². The third kappa shape index (κ3) is 3.21. The SMILES string of the molecule is Clc1ccccc1-c1nnc(CSc2nnc(-c3cccs3)o2)o1. The van der Waals surface area contributed by atoms with E-state index in [1.54, 1.807) is 17.4 Å². The summed E-state index contributed by atoms with van der Waals surface area (Å²) in [6.45, 7) is 0. The molecule has 0 fully saturated rings. The lowest BCUT2D eigenvalue weighted by atomic mass is 10.2. The maximum absolute atomic E-state index is 6.13. The summed E-state index contributed by atoms with van der Waals surface area (Å²) in [5.41, 5.74) is 0.709. The second kappa shape index (κ2) is 6.76. The number of hydrogen-bond donors (Lipinski definition) is 0. The minimum Gasteiger partial charge on any atom is -0.420 e. The van der Waals surface area contributed by atoms with Gasteiger partial charge in [-0.2, -0.15) is 0 Å². The molecule has 0 saturated heterocycles. The van der Waals surface area contributed by atoms with Crippen molar-refractivity contribution in [2.75, 3.05) is 0 Å². The number of aromatic nitrogens is 4. The first-order chi connectivity index (χ1) is 11.8. The molecule has 120 valence electrons. The van der Waals surface area contributed by atoms with Crippen molar-refractivity contribution in [3.8, 4) is 22.2 Å². The van der Waals surface area contributed by atoms with E-state index in [-0.39, 0.29) is 0 Å². The Morgan fingerprint density at radius 2 is 1.83 bits per heavy atom. The van der Waals surface area contributed by atoms with Gasteiger partial charge in [0, 0.05) is 0 Å². The van der Waals surface area contributed by atoms with Gasteiger partial charge in [0.05, 0.1) is 21.2 Å². The highest BCUT2D eigenvalue weighted by atomic mass is 35.5. The van der Waals surface area contributed by atoms with E-state index in [4.69, 9.17) is 20.4 Å². The predicted octanol–water partition coefficient (Wildman–Crippen LogP) is 4.79. The second-order valence-corrected chi connectivity index (χ2v) is 6.90. The molecule has 0 unspecified atom stereocenters. The van der Waals surface area contributed by atoms with Gasteiger partial charge in [-0.25, -0.2) is 0 Å². The van der Waals surface area contributed by atoms with Crippen molar-refractivity contribution in [3.63, 3.8) is 0 Å². The number of hydrogen-bond acceptors (Lipinski definition) is 8. The molecule has 6 nitrogen and oxygen atoms in total. The van der Waals surface area contributed by atoms with Crippen LogP contribution in [-0.2, 0) is 5.75 Å². The van der Waals surface area contributed by atoms with Crippen LogP contribution in [0.1, 0.15) is 5.89 Å². The van der Waals surface area contributed by atoms with Gasteiger partial charge in [0.15, 0.2) is 0 Å². The van der Waals surface area contributed by atoms with Crippen LogP contribution in [0.2, 0.25) is 5.02 Å². The first-order valence-corrected chi connectivity index (χ1v) is 9.11. The summed E-state index contributed by atoms with van der Waals surface area (Å²) < 4.78 is 11.2. The molecular formula is C15H9ClN4O2S2. The molecule has 0 spiro atoms. The number of nitrogens with zero attached hydrogens (tertiary/aromatic N) is 4. The van der Waals surface area contributed by atoms with Crippen LogP contribution in [0.5, 0.6) is 0 Å². The van der Waals surface area contributed by atoms with Gasteiger partial charge in [0.1, 0.15) is 0 Å². The van der Waals surface area contributed by atoms with Gasteiger partial charge in [-0.3, -0.25) is 0 Å². The van der Waals surface area contributed by atoms with Crippen LogP contribution in [0.3, 0.4) is 0 Å². The van der Waals surface area contributed by atoms with E-state index in [0.29, 0.717) is 39.2 Å². The number of thioether (sulfide) groups is 1. The van der Waals surface area contributed by atoms with Gasteiger partial charge < -0.3 is 8.83 Å². The van der Waals surface area contributed by atoms with Crippen LogP contribution in [0.25, 0.3) is 22.2 Å². The molecule has 4 rings (SSSR count). The lowest BCUT2D eigenvalue weighted by Gasteiger charge is -1.96. The van der Waals surface area contributed by atoms with E-state index in [0.717, 1.165) is 4.88 Å². The van der Waals surface area contributed by atoms with Gasteiger partial charge in [-0.15, -0.1) is 31.7 Å². The molecule has 0 amide bonds. The summed E-state index contributed by atoms with van der Waals surface area (Å²) in [7, 11) is 0. The largest absolute Gasteiger partial charge is 0.420 e. The molecule has 1 aromatic carbocycles. The highest BCUT2D eigenvalue weighted by Crippen LogP contribution is 2.30. The van der Waals surface area contributed by atoms with Crippen LogP contribution in [0.15, 0.2) is 55.8 Å². The summed E-state index contributed by atoms with van der Waals surface area (Å²) >= 11 is 9.01. The van der Waals surface area contributed by atoms with Gasteiger partial charge in [0.25, 0.3) is 11.1 Å². The smallest absolute Gasteiger partial charge is 0.277 e. The van der Waals surface area contributed by atoms with Gasteiger partial charge in [0.2, 0.25) is 11.8 Å². The van der Waals surface area contributed by atoms with E-state index in [2.05, 4.69) is 20.4 Å². The Morgan fingerprint density at radius 3 is 2.67 bits per heavy atom. The number of rotatable bonds is 5. The molecule has 9 heteroatoms. The summed E-state index contributed by atoms with van der Waals surface area (Å²) in [6, 6.07) is 11.2. The Kier molecular flexibility index (Phi) is 4.33. The number of thiophene rings is 1. The van der Waals surface area contributed by atoms with E-state index < -0.39 is 0 Å². The van der Waals surface area contributed by atoms with E-state index in [1.165, 1.54) is 11.8 Å². The first-order valence-electron chi connectivity index (χ1n) is 6.87. The van der Waals surface area contributed by atoms with Crippen LogP contribution < -0.4 is 0 Å². The highest BCUT2D eigenvalue weighted by molar-refractivity contribution is 7.98. The normalized spacial score (nSPS) is 11.0. The molecule has 0 bridgehead atoms. The molecule has 3 heterocycles. The third-order valence-corrected chi connectivity index (χ3v) is 5.02. The summed E-state index contributed by atoms with van der Waals surface area (Å²) in [5.74, 6) is 1.80. The minimum absolute atomic E-state index is 0.390. The quantitative estimate of drug-likeness (QED) is 0.463. The zero-order valence-electron chi connectivity index (χ0n) is 12.0. The zero-order chi connectivity index (χ0) is 16.4. The second-order valence-electron chi connectivity index (χ2n) is 4.62. The molecule has 0 atom stereocenters. The molecule has 0 aliphatic carbocycles. The predicted molar refractivity (Wildman–Crippen MR) is 91.9 cm³/mol. The van der Waals surface area contributed by atoms with Crippen LogP contribution in [0.4, 0.5) is 0 Å². The van der Waals surface area contributed by atoms with Gasteiger partial charge in [-0.05, 0) is 23.6 Å². The number of benzene rings is 1. The van der Waals surface area contributed by atoms with Crippen LogP contribution in [-0.4, -0.2) is 20.4 Å². The van der Waals surface area contributed by atoms with Crippen LogP contribution in [0, 0.1) is 0 Å². The van der Waals surface area contributed by atoms with Crippen molar-refractivity contribution in [2.45, 2.75) is 11.0 Å². The Hall–Kier alpha value is -2.16. The fourth-order valence-electron chi connectivity index (χ4n) is 1.95. The molecule has 0 aliphatic rings. The standard InChI is InChI=1S/C15H9ClN4O2S2/c16-10-5-2-1-4-9(10)13-18-17-12(21-13)8-24-15-20-19-14(22-15)11-6-3-7-23-11/h1-7H,8H2. The Balaban J connectivity index is 1.45. The lowest BCUT2D eigenvalue weighted by Crippen LogP contribution is -1.80. The molecule has 0 radical (unpaired) electrons. The van der Waals surface area contributed by atoms with Crippen molar-refractivity contribution in [3.05, 3.63) is 52.7 Å². The van der Waals surface area contributed by atoms with Crippen molar-refractivity contribution >= 4 is 34.7 Å². The van der Waals surface area contributed by atoms with E-state index in [9.17, 15) is 0 Å². The fraction of sp³-hybridized carbons (Fsp3) is 0.0667. The van der Waals surface area contributed by atoms with Gasteiger partial charge >= 0.3 is 0 Å². The maximum atomic E-state index is 6.13. The minimum atomic E-state index is 0.390. The molecule has 3 aromatic heterocycles. The topological polar surface area (TPSA) is 77.8 Å². The molecule has 0 saturated carbocycles. The van der Waals surface area contributed by atoms with Crippen molar-refractivity contribution in [2.24, 2.45) is 0 Å². The maximum Gasteiger partial charge on any atom is 0.277 e. The van der Waals surface area contributed by atoms with E-state index >= 15 is 0 Å². The van der Waals surface area contributed by atoms with Crippen molar-refractivity contribution in [1.82, 2.24) is 20.4 Å². The summed E-state index contributed by atoms with van der Waals surface area (Å²) in [4.78, 5) is 0.938. The fourth-order valence-corrected chi connectivity index (χ4v) is 3.41. The Morgan fingerprint density at radius 1 is 0.958 bits per heavy atom. The van der Waals surface area contributed by atoms with E-state index in [1.807, 2.05) is 35.7 Å². The zero-order valence-corrected chi connectivity index (χ0v) is 14.4. The van der Waals surface area contributed by atoms with Crippen molar-refractivity contribution in [1.29, 1.82) is 0 Å². The average molecular weight is 377 g/mol. The molecule has 4 aromatic rings. The highest BCUT2D eigenvalue weighted by Gasteiger charge is 2.14. The molecular weight excluding hydrogens is 368 g/mol. The summed E-state index contributed by atoms with van der Waals surface area (Å²) in [6.07, 6.45) is 0. The first kappa shape index (κ1) is 15.4. The lowest BCUT2D eigenvalue weighted by molar-refractivity contribution is 0.465. The number of halogens is 1. The summed E-state index contributed by atoms with van der Waals surface area (Å²) in [5, 5.41) is 19.1. The molecule has 24 heavy (non-hydrogen) atoms. The average Bonchev–Trinajstić information content (AvgIpc) is 3.34. The van der Waals surface area contributed by atoms with Crippen molar-refractivity contribution < 1.29 is 8.83 Å². The molecule has 0 N–H and O–H groups in total. The van der Waals surface area contributed by atoms with Crippen LogP contribution >= 0.6 is 34.7 Å². The molecule has 0 aliphatic heterocycles. The van der Waals surface area contributed by atoms with Gasteiger partial charge in [-0.1, -0.05) is 41.6 Å². The third-order valence-electron chi connectivity index (χ3n) is 3.03. The monoisotopic (exact) mass is 376 g/mol. The Bertz CT molecular complexity index is 952.